The number of nitrogens with zero attached hydrogens (tertiary/aromatic N) is 4. The number of carboxylic acids is 1. The number of benzene rings is 2. The van der Waals surface area contributed by atoms with E-state index in [2.05, 4.69) is 9.97 Å². The van der Waals surface area contributed by atoms with Crippen LogP contribution in [0.2, 0.25) is 5.02 Å². The minimum Gasteiger partial charge on any atom is -0.494 e. The summed E-state index contributed by atoms with van der Waals surface area (Å²) in [7, 11) is 0. The Bertz CT molecular complexity index is 1500. The van der Waals surface area contributed by atoms with Crippen molar-refractivity contribution in [3.05, 3.63) is 64.9 Å². The number of fused-ring (bicyclic) bond motifs is 1. The fraction of sp³-hybridized carbons (Fsp3) is 0.333. The first kappa shape index (κ1) is 25.8. The third-order valence-corrected chi connectivity index (χ3v) is 6.79. The van der Waals surface area contributed by atoms with Gasteiger partial charge in [-0.1, -0.05) is 18.5 Å². The summed E-state index contributed by atoms with van der Waals surface area (Å²) in [6.45, 7) is 3.88. The molecule has 0 bridgehead atoms. The topological polar surface area (TPSA) is 99.4 Å². The zero-order valence-electron chi connectivity index (χ0n) is 20.7. The largest absolute Gasteiger partial charge is 0.494 e. The molecular weight excluding hydrogens is 518 g/mol. The molecule has 1 aliphatic rings. The first-order chi connectivity index (χ1) is 18.1. The van der Waals surface area contributed by atoms with E-state index in [1.54, 1.807) is 29.7 Å². The molecule has 0 saturated heterocycles. The molecule has 1 N–H and O–H groups in total. The van der Waals surface area contributed by atoms with E-state index in [1.807, 2.05) is 6.92 Å². The van der Waals surface area contributed by atoms with E-state index in [4.69, 9.17) is 31.2 Å². The van der Waals surface area contributed by atoms with Gasteiger partial charge in [-0.05, 0) is 62.1 Å². The van der Waals surface area contributed by atoms with Crippen molar-refractivity contribution in [2.24, 2.45) is 5.92 Å². The molecule has 2 aromatic carbocycles. The van der Waals surface area contributed by atoms with Crippen LogP contribution in [0.3, 0.4) is 0 Å². The van der Waals surface area contributed by atoms with Crippen LogP contribution < -0.4 is 9.47 Å². The normalized spacial score (nSPS) is 14.9. The molecule has 1 saturated carbocycles. The molecule has 2 heterocycles. The Balaban J connectivity index is 1.53. The summed E-state index contributed by atoms with van der Waals surface area (Å²) in [5, 5.41) is 9.37. The molecule has 1 unspecified atom stereocenters. The van der Waals surface area contributed by atoms with Crippen LogP contribution in [0.25, 0.3) is 22.6 Å². The van der Waals surface area contributed by atoms with Crippen molar-refractivity contribution in [1.82, 2.24) is 19.5 Å². The molecule has 8 nitrogen and oxygen atoms in total. The van der Waals surface area contributed by atoms with Gasteiger partial charge in [-0.25, -0.2) is 18.7 Å². The van der Waals surface area contributed by atoms with Gasteiger partial charge in [0, 0.05) is 11.6 Å². The average Bonchev–Trinajstić information content (AvgIpc) is 3.46. The van der Waals surface area contributed by atoms with Gasteiger partial charge >= 0.3 is 5.97 Å². The molecule has 198 valence electrons. The zero-order valence-corrected chi connectivity index (χ0v) is 21.5. The van der Waals surface area contributed by atoms with Crippen LogP contribution in [-0.4, -0.2) is 42.8 Å². The number of carboxylic acid groups (broad SMARTS) is 1. The van der Waals surface area contributed by atoms with Gasteiger partial charge in [-0.3, -0.25) is 4.79 Å². The third kappa shape index (κ3) is 5.55. The molecule has 1 atom stereocenters. The number of imidazole rings is 1. The van der Waals surface area contributed by atoms with Crippen LogP contribution in [0.4, 0.5) is 8.78 Å². The SMILES string of the molecule is CC(CCOc1ccc(-c2nc3c(OC4(C)CC4)ncnc3n2Cc2cc(F)cc(F)c2)c(Cl)c1)C(=O)O. The zero-order chi connectivity index (χ0) is 27.0. The molecular formula is C27H25ClF2N4O4. The molecule has 11 heteroatoms. The minimum absolute atomic E-state index is 0.0654. The summed E-state index contributed by atoms with van der Waals surface area (Å²) in [5.74, 6) is -1.60. The van der Waals surface area contributed by atoms with Crippen LogP contribution in [0.1, 0.15) is 38.7 Å². The maximum Gasteiger partial charge on any atom is 0.306 e. The van der Waals surface area contributed by atoms with E-state index in [1.165, 1.54) is 18.5 Å². The van der Waals surface area contributed by atoms with Gasteiger partial charge in [0.25, 0.3) is 0 Å². The predicted octanol–water partition coefficient (Wildman–Crippen LogP) is 5.89. The molecule has 5 rings (SSSR count). The van der Waals surface area contributed by atoms with Crippen molar-refractivity contribution in [3.63, 3.8) is 0 Å². The summed E-state index contributed by atoms with van der Waals surface area (Å²) in [6, 6.07) is 8.35. The van der Waals surface area contributed by atoms with Crippen molar-refractivity contribution in [2.75, 3.05) is 6.61 Å². The highest BCUT2D eigenvalue weighted by Gasteiger charge is 2.41. The Kier molecular flexibility index (Phi) is 6.92. The monoisotopic (exact) mass is 542 g/mol. The van der Waals surface area contributed by atoms with E-state index < -0.39 is 23.5 Å². The second-order valence-electron chi connectivity index (χ2n) is 9.72. The van der Waals surface area contributed by atoms with Crippen LogP contribution in [0.5, 0.6) is 11.6 Å². The molecule has 2 aromatic heterocycles. The number of rotatable bonds is 10. The molecule has 38 heavy (non-hydrogen) atoms. The van der Waals surface area contributed by atoms with Crippen LogP contribution in [-0.2, 0) is 11.3 Å². The number of ether oxygens (including phenoxy) is 2. The van der Waals surface area contributed by atoms with E-state index in [0.717, 1.165) is 18.9 Å². The van der Waals surface area contributed by atoms with Crippen LogP contribution >= 0.6 is 11.6 Å². The lowest BCUT2D eigenvalue weighted by molar-refractivity contribution is -0.141. The number of halogens is 3. The fourth-order valence-electron chi connectivity index (χ4n) is 3.99. The highest BCUT2D eigenvalue weighted by molar-refractivity contribution is 6.33. The van der Waals surface area contributed by atoms with Gasteiger partial charge in [0.05, 0.1) is 24.1 Å². The Morgan fingerprint density at radius 2 is 1.92 bits per heavy atom. The Morgan fingerprint density at radius 1 is 1.18 bits per heavy atom. The van der Waals surface area contributed by atoms with Gasteiger partial charge in [-0.15, -0.1) is 0 Å². The maximum absolute atomic E-state index is 14.0. The number of hydrogen-bond donors (Lipinski definition) is 1. The van der Waals surface area contributed by atoms with Gasteiger partial charge in [0.15, 0.2) is 11.2 Å². The van der Waals surface area contributed by atoms with Gasteiger partial charge in [0.1, 0.15) is 35.1 Å². The van der Waals surface area contributed by atoms with E-state index in [-0.39, 0.29) is 18.8 Å². The molecule has 0 aliphatic heterocycles. The smallest absolute Gasteiger partial charge is 0.306 e. The quantitative estimate of drug-likeness (QED) is 0.266. The van der Waals surface area contributed by atoms with Gasteiger partial charge in [0.2, 0.25) is 5.88 Å². The number of carbonyl (C=O) groups is 1. The van der Waals surface area contributed by atoms with E-state index >= 15 is 0 Å². The summed E-state index contributed by atoms with van der Waals surface area (Å²) in [4.78, 5) is 24.5. The Hall–Kier alpha value is -3.79. The van der Waals surface area contributed by atoms with Crippen molar-refractivity contribution >= 4 is 28.7 Å². The van der Waals surface area contributed by atoms with Gasteiger partial charge in [-0.2, -0.15) is 4.98 Å². The molecule has 1 aliphatic carbocycles. The standard InChI is InChI=1S/C27H25ClF2N4O4/c1-15(26(35)36)5-8-37-19-3-4-20(21(28)12-19)23-33-22-24(31-14-32-25(22)38-27(2)6-7-27)34(23)13-16-9-17(29)11-18(30)10-16/h3-4,9-12,14-15H,5-8,13H2,1-2H3,(H,35,36). The maximum atomic E-state index is 14.0. The van der Waals surface area contributed by atoms with Crippen molar-refractivity contribution in [2.45, 2.75) is 45.3 Å². The van der Waals surface area contributed by atoms with Crippen molar-refractivity contribution in [3.8, 4) is 23.0 Å². The van der Waals surface area contributed by atoms with E-state index in [0.29, 0.717) is 51.2 Å². The lowest BCUT2D eigenvalue weighted by atomic mass is 10.1. The second kappa shape index (κ2) is 10.2. The molecule has 0 amide bonds. The molecule has 1 fully saturated rings. The summed E-state index contributed by atoms with van der Waals surface area (Å²) in [6.07, 6.45) is 3.50. The highest BCUT2D eigenvalue weighted by Crippen LogP contribution is 2.41. The number of aromatic nitrogens is 4. The summed E-state index contributed by atoms with van der Waals surface area (Å²) in [5.41, 5.74) is 1.44. The van der Waals surface area contributed by atoms with Crippen molar-refractivity contribution < 1.29 is 28.2 Å². The highest BCUT2D eigenvalue weighted by atomic mass is 35.5. The second-order valence-corrected chi connectivity index (χ2v) is 10.1. The lowest BCUT2D eigenvalue weighted by Gasteiger charge is -2.13. The van der Waals surface area contributed by atoms with Gasteiger partial charge < -0.3 is 19.1 Å². The Morgan fingerprint density at radius 3 is 2.58 bits per heavy atom. The first-order valence-corrected chi connectivity index (χ1v) is 12.5. The fourth-order valence-corrected chi connectivity index (χ4v) is 4.24. The molecule has 0 spiro atoms. The Labute approximate surface area is 222 Å². The molecule has 0 radical (unpaired) electrons. The van der Waals surface area contributed by atoms with Crippen LogP contribution in [0.15, 0.2) is 42.7 Å². The molecule has 4 aromatic rings. The third-order valence-electron chi connectivity index (χ3n) is 6.48. The first-order valence-electron chi connectivity index (χ1n) is 12.1. The van der Waals surface area contributed by atoms with Crippen molar-refractivity contribution in [1.29, 1.82) is 0 Å². The van der Waals surface area contributed by atoms with E-state index in [9.17, 15) is 13.6 Å². The predicted molar refractivity (Wildman–Crippen MR) is 136 cm³/mol. The van der Waals surface area contributed by atoms with Crippen LogP contribution in [0, 0.1) is 17.6 Å². The average molecular weight is 543 g/mol. The minimum atomic E-state index is -0.888. The summed E-state index contributed by atoms with van der Waals surface area (Å²) < 4.78 is 41.5. The number of hydrogen-bond acceptors (Lipinski definition) is 6. The summed E-state index contributed by atoms with van der Waals surface area (Å²) >= 11 is 6.65. The number of aliphatic carboxylic acids is 1. The lowest BCUT2D eigenvalue weighted by Crippen LogP contribution is -2.13.